The maximum Gasteiger partial charge on any atom is 0.139 e. The number of ether oxygens (including phenoxy) is 1. The molecule has 0 atom stereocenters. The normalized spacial score (nSPS) is 10.0. The average molecular weight is 250 g/mol. The first-order chi connectivity index (χ1) is 8.19. The fourth-order valence-electron chi connectivity index (χ4n) is 1.43. The van der Waals surface area contributed by atoms with Crippen molar-refractivity contribution < 1.29 is 4.74 Å². The fourth-order valence-corrected chi connectivity index (χ4v) is 1.63. The van der Waals surface area contributed by atoms with E-state index in [1.54, 1.807) is 31.6 Å². The molecule has 0 aliphatic heterocycles. The van der Waals surface area contributed by atoms with Crippen LogP contribution in [0.4, 0.5) is 17.1 Å². The molecule has 0 aliphatic rings. The second-order valence-electron chi connectivity index (χ2n) is 3.48. The second-order valence-corrected chi connectivity index (χ2v) is 3.89. The first kappa shape index (κ1) is 11.5. The molecule has 17 heavy (non-hydrogen) atoms. The topological polar surface area (TPSA) is 60.2 Å². The van der Waals surface area contributed by atoms with E-state index in [-0.39, 0.29) is 0 Å². The zero-order chi connectivity index (χ0) is 12.3. The van der Waals surface area contributed by atoms with Crippen molar-refractivity contribution in [3.8, 4) is 5.75 Å². The molecule has 0 saturated carbocycles. The first-order valence-corrected chi connectivity index (χ1v) is 5.38. The van der Waals surface area contributed by atoms with Gasteiger partial charge in [-0.1, -0.05) is 11.6 Å². The number of methoxy groups -OCH3 is 1. The van der Waals surface area contributed by atoms with Crippen LogP contribution < -0.4 is 15.8 Å². The van der Waals surface area contributed by atoms with E-state index in [1.807, 2.05) is 12.1 Å². The minimum atomic E-state index is 0.573. The van der Waals surface area contributed by atoms with Gasteiger partial charge in [0.15, 0.2) is 0 Å². The lowest BCUT2D eigenvalue weighted by Gasteiger charge is -2.09. The Morgan fingerprint density at radius 3 is 2.76 bits per heavy atom. The summed E-state index contributed by atoms with van der Waals surface area (Å²) in [5.41, 5.74) is 7.93. The number of aromatic nitrogens is 1. The summed E-state index contributed by atoms with van der Waals surface area (Å²) in [6.45, 7) is 0. The van der Waals surface area contributed by atoms with Gasteiger partial charge >= 0.3 is 0 Å². The molecular formula is C12H12ClN3O. The van der Waals surface area contributed by atoms with Gasteiger partial charge in [0, 0.05) is 18.0 Å². The van der Waals surface area contributed by atoms with E-state index in [0.29, 0.717) is 16.5 Å². The third-order valence-corrected chi connectivity index (χ3v) is 2.51. The van der Waals surface area contributed by atoms with Gasteiger partial charge in [-0.15, -0.1) is 0 Å². The minimum Gasteiger partial charge on any atom is -0.495 e. The van der Waals surface area contributed by atoms with Crippen molar-refractivity contribution in [2.24, 2.45) is 0 Å². The number of nitrogens with two attached hydrogens (primary N) is 1. The zero-order valence-corrected chi connectivity index (χ0v) is 10.0. The highest BCUT2D eigenvalue weighted by atomic mass is 35.5. The quantitative estimate of drug-likeness (QED) is 0.878. The molecule has 0 amide bonds. The number of rotatable bonds is 3. The van der Waals surface area contributed by atoms with E-state index in [0.717, 1.165) is 11.4 Å². The molecule has 0 fully saturated rings. The maximum absolute atomic E-state index is 5.94. The number of halogens is 1. The Kier molecular flexibility index (Phi) is 3.35. The second kappa shape index (κ2) is 4.93. The van der Waals surface area contributed by atoms with Gasteiger partial charge in [-0.05, 0) is 18.2 Å². The summed E-state index contributed by atoms with van der Waals surface area (Å²) in [5, 5.41) is 3.74. The van der Waals surface area contributed by atoms with Gasteiger partial charge in [0.25, 0.3) is 0 Å². The Morgan fingerprint density at radius 2 is 2.06 bits per heavy atom. The smallest absolute Gasteiger partial charge is 0.139 e. The zero-order valence-electron chi connectivity index (χ0n) is 9.27. The molecule has 0 aliphatic carbocycles. The Hall–Kier alpha value is -1.94. The van der Waals surface area contributed by atoms with Crippen molar-refractivity contribution >= 4 is 28.7 Å². The van der Waals surface area contributed by atoms with Crippen LogP contribution in [0, 0.1) is 0 Å². The van der Waals surface area contributed by atoms with Crippen molar-refractivity contribution in [2.45, 2.75) is 0 Å². The van der Waals surface area contributed by atoms with Gasteiger partial charge in [-0.3, -0.25) is 4.98 Å². The third-order valence-electron chi connectivity index (χ3n) is 2.20. The fraction of sp³-hybridized carbons (Fsp3) is 0.0833. The molecule has 0 bridgehead atoms. The summed E-state index contributed by atoms with van der Waals surface area (Å²) in [5.74, 6) is 0.619. The average Bonchev–Trinajstić information content (AvgIpc) is 2.32. The van der Waals surface area contributed by atoms with Gasteiger partial charge in [-0.25, -0.2) is 0 Å². The Balaban J connectivity index is 2.24. The van der Waals surface area contributed by atoms with Gasteiger partial charge in [0.2, 0.25) is 0 Å². The Labute approximate surface area is 104 Å². The summed E-state index contributed by atoms with van der Waals surface area (Å²) >= 11 is 5.94. The number of pyridine rings is 1. The maximum atomic E-state index is 5.94. The van der Waals surface area contributed by atoms with Crippen LogP contribution in [0.2, 0.25) is 5.02 Å². The molecule has 2 aromatic rings. The van der Waals surface area contributed by atoms with Crippen LogP contribution >= 0.6 is 11.6 Å². The van der Waals surface area contributed by atoms with E-state index in [2.05, 4.69) is 10.3 Å². The van der Waals surface area contributed by atoms with Crippen LogP contribution in [0.25, 0.3) is 0 Å². The highest BCUT2D eigenvalue weighted by Crippen LogP contribution is 2.29. The molecule has 0 unspecified atom stereocenters. The number of benzene rings is 1. The number of anilines is 3. The molecule has 2 rings (SSSR count). The SMILES string of the molecule is COc1cc(Nc2cncc(N)c2)ccc1Cl. The minimum absolute atomic E-state index is 0.573. The number of nitrogens with zero attached hydrogens (tertiary/aromatic N) is 1. The Bertz CT molecular complexity index is 531. The largest absolute Gasteiger partial charge is 0.495 e. The molecule has 1 aromatic heterocycles. The van der Waals surface area contributed by atoms with Crippen molar-refractivity contribution in [3.05, 3.63) is 41.7 Å². The van der Waals surface area contributed by atoms with Gasteiger partial charge < -0.3 is 15.8 Å². The number of nitrogens with one attached hydrogen (secondary N) is 1. The standard InChI is InChI=1S/C12H12ClN3O/c1-17-12-5-9(2-3-11(12)13)16-10-4-8(14)6-15-7-10/h2-7,16H,14H2,1H3. The molecule has 5 heteroatoms. The summed E-state index contributed by atoms with van der Waals surface area (Å²) in [6, 6.07) is 7.23. The molecule has 0 radical (unpaired) electrons. The highest BCUT2D eigenvalue weighted by Gasteiger charge is 2.02. The summed E-state index contributed by atoms with van der Waals surface area (Å²) < 4.78 is 5.13. The van der Waals surface area contributed by atoms with Crippen molar-refractivity contribution in [1.29, 1.82) is 0 Å². The molecule has 3 N–H and O–H groups in total. The molecule has 4 nitrogen and oxygen atoms in total. The lowest BCUT2D eigenvalue weighted by molar-refractivity contribution is 0.415. The monoisotopic (exact) mass is 249 g/mol. The highest BCUT2D eigenvalue weighted by molar-refractivity contribution is 6.32. The molecule has 0 spiro atoms. The predicted molar refractivity (Wildman–Crippen MR) is 69.9 cm³/mol. The summed E-state index contributed by atoms with van der Waals surface area (Å²) in [7, 11) is 1.58. The van der Waals surface area contributed by atoms with E-state index in [9.17, 15) is 0 Å². The van der Waals surface area contributed by atoms with E-state index in [4.69, 9.17) is 22.1 Å². The van der Waals surface area contributed by atoms with Crippen LogP contribution in [0.15, 0.2) is 36.7 Å². The molecular weight excluding hydrogens is 238 g/mol. The van der Waals surface area contributed by atoms with Crippen LogP contribution in [-0.4, -0.2) is 12.1 Å². The van der Waals surface area contributed by atoms with Gasteiger partial charge in [0.1, 0.15) is 5.75 Å². The number of nitrogen functional groups attached to an aromatic ring is 1. The molecule has 0 saturated heterocycles. The van der Waals surface area contributed by atoms with E-state index >= 15 is 0 Å². The van der Waals surface area contributed by atoms with Crippen LogP contribution in [-0.2, 0) is 0 Å². The van der Waals surface area contributed by atoms with Crippen molar-refractivity contribution in [1.82, 2.24) is 4.98 Å². The summed E-state index contributed by atoms with van der Waals surface area (Å²) in [6.07, 6.45) is 3.28. The third kappa shape index (κ3) is 2.79. The van der Waals surface area contributed by atoms with Crippen LogP contribution in [0.5, 0.6) is 5.75 Å². The molecule has 88 valence electrons. The van der Waals surface area contributed by atoms with Crippen molar-refractivity contribution in [2.75, 3.05) is 18.2 Å². The van der Waals surface area contributed by atoms with Gasteiger partial charge in [0.05, 0.1) is 29.7 Å². The first-order valence-electron chi connectivity index (χ1n) is 5.00. The molecule has 1 heterocycles. The molecule has 1 aromatic carbocycles. The van der Waals surface area contributed by atoms with Gasteiger partial charge in [-0.2, -0.15) is 0 Å². The number of hydrogen-bond donors (Lipinski definition) is 2. The van der Waals surface area contributed by atoms with Crippen molar-refractivity contribution in [3.63, 3.8) is 0 Å². The summed E-state index contributed by atoms with van der Waals surface area (Å²) in [4.78, 5) is 4.00. The number of hydrogen-bond acceptors (Lipinski definition) is 4. The van der Waals surface area contributed by atoms with Crippen LogP contribution in [0.3, 0.4) is 0 Å². The van der Waals surface area contributed by atoms with Crippen LogP contribution in [0.1, 0.15) is 0 Å². The lowest BCUT2D eigenvalue weighted by atomic mass is 10.3. The van der Waals surface area contributed by atoms with E-state index < -0.39 is 0 Å². The Morgan fingerprint density at radius 1 is 1.24 bits per heavy atom. The predicted octanol–water partition coefficient (Wildman–Crippen LogP) is 3.07. The lowest BCUT2D eigenvalue weighted by Crippen LogP contribution is -1.94. The van der Waals surface area contributed by atoms with E-state index in [1.165, 1.54) is 0 Å².